The van der Waals surface area contributed by atoms with Crippen LogP contribution in [0.3, 0.4) is 0 Å². The molecule has 0 unspecified atom stereocenters. The van der Waals surface area contributed by atoms with Crippen LogP contribution in [0, 0.1) is 0 Å². The molecule has 0 saturated carbocycles. The lowest BCUT2D eigenvalue weighted by molar-refractivity contribution is -0.120. The summed E-state index contributed by atoms with van der Waals surface area (Å²) in [6, 6.07) is 14.1. The van der Waals surface area contributed by atoms with Crippen molar-refractivity contribution in [3.63, 3.8) is 0 Å². The zero-order valence-corrected chi connectivity index (χ0v) is 16.8. The summed E-state index contributed by atoms with van der Waals surface area (Å²) in [4.78, 5) is 23.9. The van der Waals surface area contributed by atoms with E-state index in [1.54, 1.807) is 24.3 Å². The molecule has 2 rings (SSSR count). The van der Waals surface area contributed by atoms with Crippen LogP contribution in [0.5, 0.6) is 11.5 Å². The van der Waals surface area contributed by atoms with Crippen LogP contribution >= 0.6 is 0 Å². The van der Waals surface area contributed by atoms with Crippen molar-refractivity contribution in [2.24, 2.45) is 5.10 Å². The molecule has 0 aromatic heterocycles. The van der Waals surface area contributed by atoms with Crippen molar-refractivity contribution in [3.8, 4) is 11.5 Å². The number of nitrogens with zero attached hydrogens (tertiary/aromatic N) is 1. The summed E-state index contributed by atoms with van der Waals surface area (Å²) in [6.45, 7) is 5.10. The van der Waals surface area contributed by atoms with Gasteiger partial charge in [0.2, 0.25) is 0 Å². The minimum atomic E-state index is -0.417. The maximum Gasteiger partial charge on any atom is 0.259 e. The Morgan fingerprint density at radius 2 is 1.62 bits per heavy atom. The van der Waals surface area contributed by atoms with Gasteiger partial charge in [-0.2, -0.15) is 5.10 Å². The summed E-state index contributed by atoms with van der Waals surface area (Å²) in [5.41, 5.74) is 3.66. The highest BCUT2D eigenvalue weighted by Gasteiger charge is 2.08. The van der Waals surface area contributed by atoms with Crippen molar-refractivity contribution in [1.82, 2.24) is 10.7 Å². The van der Waals surface area contributed by atoms with E-state index >= 15 is 0 Å². The highest BCUT2D eigenvalue weighted by molar-refractivity contribution is 5.96. The van der Waals surface area contributed by atoms with Crippen molar-refractivity contribution in [2.75, 3.05) is 19.8 Å². The molecule has 0 saturated heterocycles. The maximum absolute atomic E-state index is 12.1. The van der Waals surface area contributed by atoms with Crippen LogP contribution < -0.4 is 20.2 Å². The molecule has 0 spiro atoms. The zero-order valence-electron chi connectivity index (χ0n) is 16.8. The fourth-order valence-electron chi connectivity index (χ4n) is 2.33. The molecule has 2 aromatic carbocycles. The molecule has 154 valence electrons. The van der Waals surface area contributed by atoms with Gasteiger partial charge in [-0.25, -0.2) is 5.43 Å². The first-order valence-corrected chi connectivity index (χ1v) is 9.68. The molecule has 0 aliphatic rings. The number of ether oxygens (including phenoxy) is 2. The molecule has 7 nitrogen and oxygen atoms in total. The van der Waals surface area contributed by atoms with Gasteiger partial charge in [-0.15, -0.1) is 0 Å². The number of hydrogen-bond donors (Lipinski definition) is 2. The summed E-state index contributed by atoms with van der Waals surface area (Å²) in [5.74, 6) is 0.740. The van der Waals surface area contributed by atoms with E-state index in [-0.39, 0.29) is 12.5 Å². The van der Waals surface area contributed by atoms with Crippen LogP contribution in [0.1, 0.15) is 42.6 Å². The van der Waals surface area contributed by atoms with E-state index < -0.39 is 5.91 Å². The van der Waals surface area contributed by atoms with Crippen LogP contribution in [-0.2, 0) is 4.79 Å². The first-order valence-electron chi connectivity index (χ1n) is 9.68. The number of carbonyl (C=O) groups excluding carboxylic acids is 2. The molecule has 2 aromatic rings. The number of carbonyl (C=O) groups is 2. The monoisotopic (exact) mass is 397 g/mol. The second-order valence-corrected chi connectivity index (χ2v) is 6.20. The highest BCUT2D eigenvalue weighted by atomic mass is 16.5. The fraction of sp³-hybridized carbons (Fsp3) is 0.318. The normalized spacial score (nSPS) is 10.6. The third-order valence-electron chi connectivity index (χ3n) is 3.89. The average Bonchev–Trinajstić information content (AvgIpc) is 2.74. The highest BCUT2D eigenvalue weighted by Crippen LogP contribution is 2.13. The molecule has 0 aliphatic carbocycles. The van der Waals surface area contributed by atoms with E-state index in [0.717, 1.165) is 29.9 Å². The van der Waals surface area contributed by atoms with Crippen molar-refractivity contribution < 1.29 is 19.1 Å². The van der Waals surface area contributed by atoms with E-state index in [1.807, 2.05) is 31.2 Å². The van der Waals surface area contributed by atoms with Crippen molar-refractivity contribution >= 4 is 18.0 Å². The lowest BCUT2D eigenvalue weighted by Crippen LogP contribution is -2.34. The van der Waals surface area contributed by atoms with Gasteiger partial charge in [0.15, 0.2) is 0 Å². The molecule has 0 heterocycles. The lowest BCUT2D eigenvalue weighted by atomic mass is 10.2. The number of benzene rings is 2. The number of amides is 2. The molecule has 2 N–H and O–H groups in total. The molecule has 0 radical (unpaired) electrons. The molecular formula is C22H27N3O4. The number of hydrazone groups is 1. The standard InChI is InChI=1S/C22H27N3O4/c1-3-5-14-29-20-12-8-18(9-13-20)22(27)23-16-21(26)25-24-15-17-6-10-19(11-7-17)28-4-2/h6-13,15H,3-5,14,16H2,1-2H3,(H,23,27)(H,25,26). The van der Waals surface area contributed by atoms with Gasteiger partial charge < -0.3 is 14.8 Å². The van der Waals surface area contributed by atoms with Crippen LogP contribution in [0.4, 0.5) is 0 Å². The van der Waals surface area contributed by atoms with Gasteiger partial charge in [0.25, 0.3) is 11.8 Å². The van der Waals surface area contributed by atoms with Gasteiger partial charge in [-0.05, 0) is 67.4 Å². The number of hydrogen-bond acceptors (Lipinski definition) is 5. The Balaban J connectivity index is 1.73. The van der Waals surface area contributed by atoms with Crippen molar-refractivity contribution in [3.05, 3.63) is 59.7 Å². The second-order valence-electron chi connectivity index (χ2n) is 6.20. The van der Waals surface area contributed by atoms with Crippen LogP contribution in [0.2, 0.25) is 0 Å². The van der Waals surface area contributed by atoms with Gasteiger partial charge in [-0.1, -0.05) is 13.3 Å². The Labute approximate surface area is 171 Å². The minimum absolute atomic E-state index is 0.172. The Kier molecular flexibility index (Phi) is 9.21. The third-order valence-corrected chi connectivity index (χ3v) is 3.89. The molecule has 29 heavy (non-hydrogen) atoms. The van der Waals surface area contributed by atoms with E-state index in [2.05, 4.69) is 22.8 Å². The third kappa shape index (κ3) is 8.04. The van der Waals surface area contributed by atoms with Gasteiger partial charge in [-0.3, -0.25) is 9.59 Å². The molecule has 0 fully saturated rings. The van der Waals surface area contributed by atoms with Crippen LogP contribution in [-0.4, -0.2) is 37.8 Å². The fourth-order valence-corrected chi connectivity index (χ4v) is 2.33. The van der Waals surface area contributed by atoms with E-state index in [4.69, 9.17) is 9.47 Å². The van der Waals surface area contributed by atoms with Crippen LogP contribution in [0.25, 0.3) is 0 Å². The Morgan fingerprint density at radius 1 is 0.966 bits per heavy atom. The number of unbranched alkanes of at least 4 members (excludes halogenated alkanes) is 1. The first-order chi connectivity index (χ1) is 14.1. The minimum Gasteiger partial charge on any atom is -0.494 e. The van der Waals surface area contributed by atoms with E-state index in [0.29, 0.717) is 18.8 Å². The average molecular weight is 397 g/mol. The topological polar surface area (TPSA) is 89.0 Å². The molecular weight excluding hydrogens is 370 g/mol. The predicted octanol–water partition coefficient (Wildman–Crippen LogP) is 3.14. The second kappa shape index (κ2) is 12.2. The van der Waals surface area contributed by atoms with Gasteiger partial charge in [0.1, 0.15) is 11.5 Å². The summed E-state index contributed by atoms with van der Waals surface area (Å²) < 4.78 is 10.9. The quantitative estimate of drug-likeness (QED) is 0.346. The summed E-state index contributed by atoms with van der Waals surface area (Å²) in [6.07, 6.45) is 3.57. The first kappa shape index (κ1) is 21.9. The zero-order chi connectivity index (χ0) is 20.9. The summed E-state index contributed by atoms with van der Waals surface area (Å²) >= 11 is 0. The number of rotatable bonds is 11. The number of nitrogens with one attached hydrogen (secondary N) is 2. The summed E-state index contributed by atoms with van der Waals surface area (Å²) in [5, 5.41) is 6.44. The SMILES string of the molecule is CCCCOc1ccc(C(=O)NCC(=O)NN=Cc2ccc(OCC)cc2)cc1. The maximum atomic E-state index is 12.1. The van der Waals surface area contributed by atoms with Crippen molar-refractivity contribution in [2.45, 2.75) is 26.7 Å². The van der Waals surface area contributed by atoms with E-state index in [9.17, 15) is 9.59 Å². The van der Waals surface area contributed by atoms with Gasteiger partial charge >= 0.3 is 0 Å². The molecule has 0 atom stereocenters. The molecule has 0 bridgehead atoms. The van der Waals surface area contributed by atoms with Crippen LogP contribution in [0.15, 0.2) is 53.6 Å². The molecule has 0 aliphatic heterocycles. The van der Waals surface area contributed by atoms with E-state index in [1.165, 1.54) is 6.21 Å². The lowest BCUT2D eigenvalue weighted by Gasteiger charge is -2.07. The molecule has 7 heteroatoms. The molecule has 2 amide bonds. The smallest absolute Gasteiger partial charge is 0.259 e. The van der Waals surface area contributed by atoms with Crippen molar-refractivity contribution in [1.29, 1.82) is 0 Å². The Bertz CT molecular complexity index is 802. The predicted molar refractivity (Wildman–Crippen MR) is 113 cm³/mol. The Hall–Kier alpha value is -3.35. The summed E-state index contributed by atoms with van der Waals surface area (Å²) in [7, 11) is 0. The largest absolute Gasteiger partial charge is 0.494 e. The Morgan fingerprint density at radius 3 is 2.28 bits per heavy atom. The van der Waals surface area contributed by atoms with Gasteiger partial charge in [0.05, 0.1) is 26.0 Å². The van der Waals surface area contributed by atoms with Gasteiger partial charge in [0, 0.05) is 5.56 Å².